The number of hydrogen-bond acceptors (Lipinski definition) is 3. The molecule has 0 aliphatic rings. The Hall–Kier alpha value is -0.870. The zero-order chi connectivity index (χ0) is 12.7. The zero-order valence-electron chi connectivity index (χ0n) is 10.9. The minimum absolute atomic E-state index is 0.119. The summed E-state index contributed by atoms with van der Waals surface area (Å²) in [6, 6.07) is 4.24. The van der Waals surface area contributed by atoms with Crippen molar-refractivity contribution < 1.29 is 4.79 Å². The van der Waals surface area contributed by atoms with Crippen LogP contribution in [0.2, 0.25) is 0 Å². The number of carbonyl (C=O) groups excluding carboxylic acids is 1. The lowest BCUT2D eigenvalue weighted by atomic mass is 9.91. The molecule has 96 valence electrons. The molecule has 0 spiro atoms. The lowest BCUT2D eigenvalue weighted by Gasteiger charge is -2.23. The number of hydrogen-bond donors (Lipinski definition) is 2. The fourth-order valence-electron chi connectivity index (χ4n) is 1.64. The van der Waals surface area contributed by atoms with Gasteiger partial charge in [0.1, 0.15) is 0 Å². The molecule has 0 unspecified atom stereocenters. The van der Waals surface area contributed by atoms with Crippen LogP contribution in [0.3, 0.4) is 0 Å². The molecule has 0 aromatic carbocycles. The van der Waals surface area contributed by atoms with Crippen molar-refractivity contribution in [3.05, 3.63) is 22.4 Å². The van der Waals surface area contributed by atoms with Gasteiger partial charge in [0.15, 0.2) is 0 Å². The van der Waals surface area contributed by atoms with Crippen LogP contribution < -0.4 is 10.6 Å². The summed E-state index contributed by atoms with van der Waals surface area (Å²) < 4.78 is 0. The quantitative estimate of drug-likeness (QED) is 0.732. The third-order valence-electron chi connectivity index (χ3n) is 2.66. The maximum absolute atomic E-state index is 11.2. The predicted molar refractivity (Wildman–Crippen MR) is 73.5 cm³/mol. The molecule has 1 aromatic heterocycles. The van der Waals surface area contributed by atoms with Crippen molar-refractivity contribution in [1.82, 2.24) is 10.6 Å². The molecule has 2 N–H and O–H groups in total. The van der Waals surface area contributed by atoms with E-state index in [4.69, 9.17) is 0 Å². The average Bonchev–Trinajstić information content (AvgIpc) is 2.79. The van der Waals surface area contributed by atoms with Crippen molar-refractivity contribution in [2.24, 2.45) is 0 Å². The Morgan fingerprint density at radius 2 is 2.24 bits per heavy atom. The smallest absolute Gasteiger partial charge is 0.221 e. The lowest BCUT2D eigenvalue weighted by molar-refractivity contribution is -0.120. The largest absolute Gasteiger partial charge is 0.356 e. The fraction of sp³-hybridized carbons (Fsp3) is 0.615. The van der Waals surface area contributed by atoms with Gasteiger partial charge < -0.3 is 10.6 Å². The van der Waals surface area contributed by atoms with Crippen LogP contribution in [0.1, 0.15) is 32.1 Å². The zero-order valence-corrected chi connectivity index (χ0v) is 11.7. The number of thiophene rings is 1. The predicted octanol–water partition coefficient (Wildman–Crippen LogP) is 2.14. The monoisotopic (exact) mass is 254 g/mol. The molecule has 0 saturated carbocycles. The van der Waals surface area contributed by atoms with Gasteiger partial charge in [-0.25, -0.2) is 0 Å². The molecule has 0 aliphatic carbocycles. The second kappa shape index (κ2) is 6.77. The topological polar surface area (TPSA) is 41.1 Å². The second-order valence-electron chi connectivity index (χ2n) is 4.74. The van der Waals surface area contributed by atoms with Gasteiger partial charge in [-0.1, -0.05) is 19.9 Å². The standard InChI is InChI=1S/C13H22N2OS/c1-4-15-12(16)7-8-14-10-13(2,3)11-6-5-9-17-11/h5-6,9,14H,4,7-8,10H2,1-3H3,(H,15,16). The van der Waals surface area contributed by atoms with E-state index in [0.29, 0.717) is 13.0 Å². The van der Waals surface area contributed by atoms with E-state index in [-0.39, 0.29) is 11.3 Å². The number of amides is 1. The van der Waals surface area contributed by atoms with Crippen molar-refractivity contribution in [1.29, 1.82) is 0 Å². The van der Waals surface area contributed by atoms with E-state index in [0.717, 1.165) is 13.1 Å². The first-order chi connectivity index (χ1) is 8.06. The molecular formula is C13H22N2OS. The maximum Gasteiger partial charge on any atom is 0.221 e. The molecule has 0 fully saturated rings. The second-order valence-corrected chi connectivity index (χ2v) is 5.69. The molecule has 1 amide bonds. The van der Waals surface area contributed by atoms with Crippen LogP contribution >= 0.6 is 11.3 Å². The average molecular weight is 254 g/mol. The summed E-state index contributed by atoms with van der Waals surface area (Å²) in [6.07, 6.45) is 0.550. The van der Waals surface area contributed by atoms with Gasteiger partial charge in [0, 0.05) is 36.3 Å². The summed E-state index contributed by atoms with van der Waals surface area (Å²) >= 11 is 1.78. The molecule has 1 aromatic rings. The molecule has 0 atom stereocenters. The minimum atomic E-state index is 0.119. The van der Waals surface area contributed by atoms with E-state index in [1.807, 2.05) is 6.92 Å². The molecule has 0 radical (unpaired) electrons. The SMILES string of the molecule is CCNC(=O)CCNCC(C)(C)c1cccs1. The van der Waals surface area contributed by atoms with Gasteiger partial charge in [0.05, 0.1) is 0 Å². The number of rotatable bonds is 7. The summed E-state index contributed by atoms with van der Waals surface area (Å²) in [7, 11) is 0. The Labute approximate surface area is 108 Å². The first kappa shape index (κ1) is 14.2. The summed E-state index contributed by atoms with van der Waals surface area (Å²) in [4.78, 5) is 12.6. The molecule has 4 heteroatoms. The van der Waals surface area contributed by atoms with Crippen LogP contribution in [0, 0.1) is 0 Å². The van der Waals surface area contributed by atoms with Crippen molar-refractivity contribution in [2.45, 2.75) is 32.6 Å². The van der Waals surface area contributed by atoms with Crippen molar-refractivity contribution in [2.75, 3.05) is 19.6 Å². The summed E-state index contributed by atoms with van der Waals surface area (Å²) in [5, 5.41) is 8.25. The normalized spacial score (nSPS) is 11.5. The fourth-order valence-corrected chi connectivity index (χ4v) is 2.49. The highest BCUT2D eigenvalue weighted by molar-refractivity contribution is 7.10. The van der Waals surface area contributed by atoms with Crippen molar-refractivity contribution >= 4 is 17.2 Å². The van der Waals surface area contributed by atoms with Crippen LogP contribution in [0.4, 0.5) is 0 Å². The third kappa shape index (κ3) is 4.88. The van der Waals surface area contributed by atoms with Crippen LogP contribution in [0.25, 0.3) is 0 Å². The van der Waals surface area contributed by atoms with Crippen LogP contribution in [0.5, 0.6) is 0 Å². The Bertz CT molecular complexity index is 333. The Balaban J connectivity index is 2.24. The summed E-state index contributed by atoms with van der Waals surface area (Å²) in [6.45, 7) is 8.72. The highest BCUT2D eigenvalue weighted by Crippen LogP contribution is 2.26. The lowest BCUT2D eigenvalue weighted by Crippen LogP contribution is -2.35. The van der Waals surface area contributed by atoms with Crippen LogP contribution in [-0.2, 0) is 10.2 Å². The molecule has 1 rings (SSSR count). The molecule has 17 heavy (non-hydrogen) atoms. The van der Waals surface area contributed by atoms with E-state index in [2.05, 4.69) is 42.0 Å². The highest BCUT2D eigenvalue weighted by Gasteiger charge is 2.20. The maximum atomic E-state index is 11.2. The number of carbonyl (C=O) groups is 1. The first-order valence-corrected chi connectivity index (χ1v) is 6.95. The van der Waals surface area contributed by atoms with Crippen LogP contribution in [0.15, 0.2) is 17.5 Å². The van der Waals surface area contributed by atoms with Gasteiger partial charge >= 0.3 is 0 Å². The van der Waals surface area contributed by atoms with Gasteiger partial charge in [0.25, 0.3) is 0 Å². The highest BCUT2D eigenvalue weighted by atomic mass is 32.1. The first-order valence-electron chi connectivity index (χ1n) is 6.07. The molecule has 0 aliphatic heterocycles. The van der Waals surface area contributed by atoms with E-state index < -0.39 is 0 Å². The molecule has 1 heterocycles. The van der Waals surface area contributed by atoms with E-state index in [9.17, 15) is 4.79 Å². The summed E-state index contributed by atoms with van der Waals surface area (Å²) in [5.74, 6) is 0.119. The van der Waals surface area contributed by atoms with Crippen molar-refractivity contribution in [3.8, 4) is 0 Å². The molecule has 0 bridgehead atoms. The molecule has 0 saturated heterocycles. The van der Waals surface area contributed by atoms with E-state index in [1.165, 1.54) is 4.88 Å². The summed E-state index contributed by atoms with van der Waals surface area (Å²) in [5.41, 5.74) is 0.134. The van der Waals surface area contributed by atoms with Crippen LogP contribution in [-0.4, -0.2) is 25.5 Å². The van der Waals surface area contributed by atoms with E-state index in [1.54, 1.807) is 11.3 Å². The molecular weight excluding hydrogens is 232 g/mol. The molecule has 3 nitrogen and oxygen atoms in total. The Morgan fingerprint density at radius 1 is 1.47 bits per heavy atom. The van der Waals surface area contributed by atoms with E-state index >= 15 is 0 Å². The van der Waals surface area contributed by atoms with Gasteiger partial charge in [-0.15, -0.1) is 11.3 Å². The van der Waals surface area contributed by atoms with Gasteiger partial charge in [-0.05, 0) is 18.4 Å². The minimum Gasteiger partial charge on any atom is -0.356 e. The third-order valence-corrected chi connectivity index (χ3v) is 3.89. The number of nitrogens with one attached hydrogen (secondary N) is 2. The van der Waals surface area contributed by atoms with Gasteiger partial charge in [-0.3, -0.25) is 4.79 Å². The van der Waals surface area contributed by atoms with Gasteiger partial charge in [-0.2, -0.15) is 0 Å². The van der Waals surface area contributed by atoms with Crippen molar-refractivity contribution in [3.63, 3.8) is 0 Å². The van der Waals surface area contributed by atoms with Gasteiger partial charge in [0.2, 0.25) is 5.91 Å². The Kier molecular flexibility index (Phi) is 5.65. The Morgan fingerprint density at radius 3 is 2.82 bits per heavy atom.